The van der Waals surface area contributed by atoms with Crippen LogP contribution in [0.4, 0.5) is 0 Å². The van der Waals surface area contributed by atoms with Gasteiger partial charge in [0.2, 0.25) is 0 Å². The van der Waals surface area contributed by atoms with E-state index in [9.17, 15) is 14.4 Å². The van der Waals surface area contributed by atoms with Crippen molar-refractivity contribution in [1.82, 2.24) is 0 Å². The highest BCUT2D eigenvalue weighted by molar-refractivity contribution is 5.71. The molecule has 0 radical (unpaired) electrons. The molecule has 0 aromatic heterocycles. The first-order chi connectivity index (χ1) is 32.0. The van der Waals surface area contributed by atoms with Crippen LogP contribution in [0.15, 0.2) is 97.2 Å². The molecule has 1 atom stereocenters. The summed E-state index contributed by atoms with van der Waals surface area (Å²) in [5.41, 5.74) is 0. The highest BCUT2D eigenvalue weighted by atomic mass is 16.6. The lowest BCUT2D eigenvalue weighted by Gasteiger charge is -2.18. The lowest BCUT2D eigenvalue weighted by atomic mass is 10.1. The molecule has 6 nitrogen and oxygen atoms in total. The smallest absolute Gasteiger partial charge is 0.306 e. The van der Waals surface area contributed by atoms with Crippen molar-refractivity contribution in [3.8, 4) is 0 Å². The number of unbranched alkanes of at least 4 members (excludes halogenated alkanes) is 20. The van der Waals surface area contributed by atoms with Gasteiger partial charge in [0.05, 0.1) is 0 Å². The molecule has 370 valence electrons. The van der Waals surface area contributed by atoms with Crippen LogP contribution in [0.2, 0.25) is 0 Å². The molecule has 0 heterocycles. The van der Waals surface area contributed by atoms with Crippen molar-refractivity contribution in [3.63, 3.8) is 0 Å². The van der Waals surface area contributed by atoms with E-state index < -0.39 is 6.10 Å². The molecule has 0 aliphatic rings. The summed E-state index contributed by atoms with van der Waals surface area (Å²) in [5.74, 6) is -0.918. The molecule has 65 heavy (non-hydrogen) atoms. The number of rotatable bonds is 47. The second-order valence-electron chi connectivity index (χ2n) is 17.4. The number of carbonyl (C=O) groups excluding carboxylic acids is 3. The molecular weight excluding hydrogens is 805 g/mol. The van der Waals surface area contributed by atoms with Crippen molar-refractivity contribution in [2.75, 3.05) is 13.2 Å². The molecule has 6 heteroatoms. The standard InChI is InChI=1S/C59H98O6/c1-4-7-10-13-16-18-20-22-23-24-25-26-27-28-29-30-31-32-33-34-35-37-38-40-43-46-49-52-58(61)64-55-56(54-63-57(60)51-48-45-42-15-12-9-6-3)65-59(62)53-50-47-44-41-39-36-21-19-17-14-11-8-5-2/h7,10-11,14,16,18-19,21-23,25-26,28-29,31-32,56H,4-6,8-9,12-13,15,17,20,24,27,30,33-55H2,1-3H3/b10-7-,14-11-,18-16-,21-19-,23-22-,26-25-,29-28-,32-31-. The van der Waals surface area contributed by atoms with Crippen LogP contribution in [-0.4, -0.2) is 37.2 Å². The minimum atomic E-state index is -0.785. The molecule has 0 fully saturated rings. The first-order valence-electron chi connectivity index (χ1n) is 26.7. The molecule has 0 aromatic rings. The zero-order chi connectivity index (χ0) is 47.2. The van der Waals surface area contributed by atoms with Crippen LogP contribution in [0.25, 0.3) is 0 Å². The molecule has 0 amide bonds. The van der Waals surface area contributed by atoms with Gasteiger partial charge in [-0.1, -0.05) is 221 Å². The third-order valence-corrected chi connectivity index (χ3v) is 11.1. The molecular formula is C59H98O6. The van der Waals surface area contributed by atoms with Crippen LogP contribution < -0.4 is 0 Å². The van der Waals surface area contributed by atoms with E-state index in [4.69, 9.17) is 14.2 Å². The van der Waals surface area contributed by atoms with E-state index in [-0.39, 0.29) is 31.1 Å². The normalized spacial score (nSPS) is 12.8. The molecule has 0 rings (SSSR count). The highest BCUT2D eigenvalue weighted by Gasteiger charge is 2.19. The predicted molar refractivity (Wildman–Crippen MR) is 279 cm³/mol. The van der Waals surface area contributed by atoms with Crippen molar-refractivity contribution in [2.24, 2.45) is 0 Å². The van der Waals surface area contributed by atoms with E-state index in [1.165, 1.54) is 64.2 Å². The van der Waals surface area contributed by atoms with Gasteiger partial charge in [-0.15, -0.1) is 0 Å². The molecule has 0 saturated heterocycles. The quantitative estimate of drug-likeness (QED) is 0.0262. The Morgan fingerprint density at radius 2 is 0.631 bits per heavy atom. The van der Waals surface area contributed by atoms with Gasteiger partial charge >= 0.3 is 17.9 Å². The second kappa shape index (κ2) is 52.9. The Labute approximate surface area is 400 Å². The van der Waals surface area contributed by atoms with Crippen LogP contribution in [0.5, 0.6) is 0 Å². The fourth-order valence-corrected chi connectivity index (χ4v) is 7.07. The highest BCUT2D eigenvalue weighted by Crippen LogP contribution is 2.14. The number of hydrogen-bond acceptors (Lipinski definition) is 6. The summed E-state index contributed by atoms with van der Waals surface area (Å²) in [5, 5.41) is 0. The van der Waals surface area contributed by atoms with Crippen LogP contribution in [0.1, 0.15) is 239 Å². The number of ether oxygens (including phenoxy) is 3. The van der Waals surface area contributed by atoms with Gasteiger partial charge in [-0.25, -0.2) is 0 Å². The molecule has 0 spiro atoms. The predicted octanol–water partition coefficient (Wildman–Crippen LogP) is 17.8. The molecule has 0 N–H and O–H groups in total. The fraction of sp³-hybridized carbons (Fsp3) is 0.678. The van der Waals surface area contributed by atoms with Gasteiger partial charge in [0, 0.05) is 19.3 Å². The Morgan fingerprint density at radius 3 is 1.00 bits per heavy atom. The van der Waals surface area contributed by atoms with E-state index in [1.54, 1.807) is 0 Å². The SMILES string of the molecule is CC/C=C\C/C=C\C/C=C\C/C=C\C/C=C\C/C=C\CCCCCCCCCCC(=O)OCC(COC(=O)CCCCCCCCC)OC(=O)CCCCCCC/C=C\C/C=C\CCC. The zero-order valence-electron chi connectivity index (χ0n) is 42.2. The summed E-state index contributed by atoms with van der Waals surface area (Å²) < 4.78 is 16.7. The molecule has 1 unspecified atom stereocenters. The summed E-state index contributed by atoms with van der Waals surface area (Å²) >= 11 is 0. The van der Waals surface area contributed by atoms with Crippen molar-refractivity contribution in [2.45, 2.75) is 245 Å². The largest absolute Gasteiger partial charge is 0.462 e. The minimum absolute atomic E-state index is 0.0857. The number of carbonyl (C=O) groups is 3. The number of hydrogen-bond donors (Lipinski definition) is 0. The van der Waals surface area contributed by atoms with Gasteiger partial charge in [0.1, 0.15) is 13.2 Å². The van der Waals surface area contributed by atoms with Crippen LogP contribution in [-0.2, 0) is 28.6 Å². The average Bonchev–Trinajstić information content (AvgIpc) is 3.30. The van der Waals surface area contributed by atoms with E-state index in [0.29, 0.717) is 19.3 Å². The van der Waals surface area contributed by atoms with E-state index in [1.807, 2.05) is 0 Å². The van der Waals surface area contributed by atoms with Crippen LogP contribution in [0.3, 0.4) is 0 Å². The van der Waals surface area contributed by atoms with Gasteiger partial charge in [0.25, 0.3) is 0 Å². The van der Waals surface area contributed by atoms with E-state index >= 15 is 0 Å². The maximum Gasteiger partial charge on any atom is 0.306 e. The molecule has 0 saturated carbocycles. The van der Waals surface area contributed by atoms with Gasteiger partial charge in [-0.2, -0.15) is 0 Å². The number of allylic oxidation sites excluding steroid dienone is 16. The molecule has 0 bridgehead atoms. The lowest BCUT2D eigenvalue weighted by Crippen LogP contribution is -2.30. The summed E-state index contributed by atoms with van der Waals surface area (Å²) in [7, 11) is 0. The van der Waals surface area contributed by atoms with E-state index in [2.05, 4.69) is 118 Å². The first-order valence-corrected chi connectivity index (χ1v) is 26.7. The van der Waals surface area contributed by atoms with Crippen LogP contribution >= 0.6 is 0 Å². The molecule has 0 aliphatic heterocycles. The third kappa shape index (κ3) is 51.2. The Balaban J connectivity index is 4.20. The topological polar surface area (TPSA) is 78.9 Å². The fourth-order valence-electron chi connectivity index (χ4n) is 7.07. The Morgan fingerprint density at radius 1 is 0.323 bits per heavy atom. The average molecular weight is 903 g/mol. The van der Waals surface area contributed by atoms with E-state index in [0.717, 1.165) is 135 Å². The summed E-state index contributed by atoms with van der Waals surface area (Å²) in [6, 6.07) is 0. The van der Waals surface area contributed by atoms with Crippen molar-refractivity contribution >= 4 is 17.9 Å². The summed E-state index contributed by atoms with van der Waals surface area (Å²) in [6.45, 7) is 6.39. The molecule has 0 aliphatic carbocycles. The Kier molecular flexibility index (Phi) is 50.0. The van der Waals surface area contributed by atoms with Crippen molar-refractivity contribution in [1.29, 1.82) is 0 Å². The lowest BCUT2D eigenvalue weighted by molar-refractivity contribution is -0.167. The van der Waals surface area contributed by atoms with Gasteiger partial charge in [-0.05, 0) is 96.3 Å². The first kappa shape index (κ1) is 61.3. The zero-order valence-corrected chi connectivity index (χ0v) is 42.2. The summed E-state index contributed by atoms with van der Waals surface area (Å²) in [4.78, 5) is 37.8. The van der Waals surface area contributed by atoms with Gasteiger partial charge in [0.15, 0.2) is 6.10 Å². The van der Waals surface area contributed by atoms with Gasteiger partial charge in [-0.3, -0.25) is 14.4 Å². The Hall–Kier alpha value is -3.67. The van der Waals surface area contributed by atoms with Crippen molar-refractivity contribution < 1.29 is 28.6 Å². The second-order valence-corrected chi connectivity index (χ2v) is 17.4. The minimum Gasteiger partial charge on any atom is -0.462 e. The van der Waals surface area contributed by atoms with Gasteiger partial charge < -0.3 is 14.2 Å². The number of esters is 3. The van der Waals surface area contributed by atoms with Crippen molar-refractivity contribution in [3.05, 3.63) is 97.2 Å². The third-order valence-electron chi connectivity index (χ3n) is 11.1. The summed E-state index contributed by atoms with van der Waals surface area (Å²) in [6.07, 6.45) is 69.9. The maximum absolute atomic E-state index is 12.7. The Bertz CT molecular complexity index is 1310. The van der Waals surface area contributed by atoms with Crippen LogP contribution in [0, 0.1) is 0 Å². The molecule has 0 aromatic carbocycles. The monoisotopic (exact) mass is 903 g/mol. The maximum atomic E-state index is 12.7.